The average molecular weight is 284 g/mol. The predicted molar refractivity (Wildman–Crippen MR) is 78.6 cm³/mol. The second kappa shape index (κ2) is 7.03. The molecule has 5 heteroatoms. The summed E-state index contributed by atoms with van der Waals surface area (Å²) in [4.78, 5) is 0.378. The van der Waals surface area contributed by atoms with E-state index < -0.39 is 10.0 Å². The third-order valence-corrected chi connectivity index (χ3v) is 4.50. The molecule has 0 heterocycles. The molecule has 1 rings (SSSR count). The van der Waals surface area contributed by atoms with Crippen LogP contribution in [0.25, 0.3) is 0 Å². The lowest BCUT2D eigenvalue weighted by molar-refractivity contribution is 0.559. The Bertz CT molecular complexity index is 510. The van der Waals surface area contributed by atoms with Gasteiger partial charge in [-0.2, -0.15) is 0 Å². The van der Waals surface area contributed by atoms with Crippen molar-refractivity contribution >= 4 is 10.0 Å². The summed E-state index contributed by atoms with van der Waals surface area (Å²) in [5, 5.41) is 3.22. The molecule has 0 fully saturated rings. The Morgan fingerprint density at radius 3 is 2.53 bits per heavy atom. The van der Waals surface area contributed by atoms with Crippen molar-refractivity contribution < 1.29 is 8.42 Å². The molecule has 0 amide bonds. The van der Waals surface area contributed by atoms with E-state index in [9.17, 15) is 8.42 Å². The van der Waals surface area contributed by atoms with E-state index in [-0.39, 0.29) is 0 Å². The lowest BCUT2D eigenvalue weighted by Gasteiger charge is -2.14. The Balaban J connectivity index is 3.00. The van der Waals surface area contributed by atoms with Crippen LogP contribution in [0, 0.1) is 12.8 Å². The van der Waals surface area contributed by atoms with E-state index in [1.807, 2.05) is 33.8 Å². The van der Waals surface area contributed by atoms with Crippen molar-refractivity contribution in [3.05, 3.63) is 29.3 Å². The van der Waals surface area contributed by atoms with E-state index in [0.717, 1.165) is 17.7 Å². The van der Waals surface area contributed by atoms with Crippen LogP contribution in [-0.4, -0.2) is 21.5 Å². The van der Waals surface area contributed by atoms with Crippen LogP contribution in [0.4, 0.5) is 0 Å². The summed E-state index contributed by atoms with van der Waals surface area (Å²) in [6.45, 7) is 9.86. The van der Waals surface area contributed by atoms with Gasteiger partial charge in [-0.05, 0) is 36.6 Å². The smallest absolute Gasteiger partial charge is 0.240 e. The lowest BCUT2D eigenvalue weighted by Crippen LogP contribution is -2.28. The van der Waals surface area contributed by atoms with Gasteiger partial charge < -0.3 is 5.32 Å². The molecule has 4 nitrogen and oxygen atoms in total. The van der Waals surface area contributed by atoms with E-state index >= 15 is 0 Å². The van der Waals surface area contributed by atoms with Crippen LogP contribution in [0.15, 0.2) is 23.1 Å². The molecule has 0 bridgehead atoms. The van der Waals surface area contributed by atoms with Crippen LogP contribution in [0.2, 0.25) is 0 Å². The van der Waals surface area contributed by atoms with Crippen LogP contribution in [0.5, 0.6) is 0 Å². The average Bonchev–Trinajstić information content (AvgIpc) is 2.35. The third-order valence-electron chi connectivity index (χ3n) is 2.93. The van der Waals surface area contributed by atoms with Gasteiger partial charge in [0.2, 0.25) is 10.0 Å². The van der Waals surface area contributed by atoms with E-state index in [1.54, 1.807) is 12.1 Å². The molecule has 0 saturated heterocycles. The summed E-state index contributed by atoms with van der Waals surface area (Å²) in [5.41, 5.74) is 1.84. The Morgan fingerprint density at radius 2 is 1.95 bits per heavy atom. The van der Waals surface area contributed by atoms with Gasteiger partial charge in [-0.1, -0.05) is 32.9 Å². The zero-order valence-electron chi connectivity index (χ0n) is 12.2. The van der Waals surface area contributed by atoms with Crippen molar-refractivity contribution in [1.82, 2.24) is 10.0 Å². The van der Waals surface area contributed by atoms with Gasteiger partial charge in [0.05, 0.1) is 4.90 Å². The summed E-state index contributed by atoms with van der Waals surface area (Å²) < 4.78 is 27.2. The minimum atomic E-state index is -3.41. The number of nitrogens with one attached hydrogen (secondary N) is 2. The maximum absolute atomic E-state index is 12.3. The maximum atomic E-state index is 12.3. The summed E-state index contributed by atoms with van der Waals surface area (Å²) in [6.07, 6.45) is 0. The maximum Gasteiger partial charge on any atom is 0.240 e. The molecule has 0 aromatic heterocycles. The molecule has 0 radical (unpaired) electrons. The fourth-order valence-electron chi connectivity index (χ4n) is 1.76. The quantitative estimate of drug-likeness (QED) is 0.805. The van der Waals surface area contributed by atoms with E-state index in [1.165, 1.54) is 0 Å². The van der Waals surface area contributed by atoms with Gasteiger partial charge in [-0.25, -0.2) is 13.1 Å². The number of hydrogen-bond acceptors (Lipinski definition) is 3. The van der Waals surface area contributed by atoms with Gasteiger partial charge in [0, 0.05) is 13.1 Å². The highest BCUT2D eigenvalue weighted by molar-refractivity contribution is 7.89. The molecule has 108 valence electrons. The van der Waals surface area contributed by atoms with Crippen LogP contribution in [-0.2, 0) is 16.6 Å². The van der Waals surface area contributed by atoms with Crippen LogP contribution in [0.1, 0.15) is 31.9 Å². The Labute approximate surface area is 116 Å². The van der Waals surface area contributed by atoms with Gasteiger partial charge >= 0.3 is 0 Å². The minimum Gasteiger partial charge on any atom is -0.313 e. The molecule has 0 unspecified atom stereocenters. The Hall–Kier alpha value is -0.910. The SMILES string of the molecule is CCNCc1cccc(S(=O)(=O)NCC(C)C)c1C. The Kier molecular flexibility index (Phi) is 5.97. The van der Waals surface area contributed by atoms with Gasteiger partial charge in [-0.3, -0.25) is 0 Å². The normalized spacial score (nSPS) is 12.1. The van der Waals surface area contributed by atoms with Crippen LogP contribution >= 0.6 is 0 Å². The molecule has 0 saturated carbocycles. The first-order valence-electron chi connectivity index (χ1n) is 6.67. The number of rotatable bonds is 7. The molecule has 1 aromatic rings. The molecule has 1 aromatic carbocycles. The highest BCUT2D eigenvalue weighted by Crippen LogP contribution is 2.18. The lowest BCUT2D eigenvalue weighted by atomic mass is 10.1. The van der Waals surface area contributed by atoms with Gasteiger partial charge in [-0.15, -0.1) is 0 Å². The highest BCUT2D eigenvalue weighted by atomic mass is 32.2. The molecule has 0 aliphatic carbocycles. The summed E-state index contributed by atoms with van der Waals surface area (Å²) in [5.74, 6) is 0.292. The van der Waals surface area contributed by atoms with Crippen LogP contribution < -0.4 is 10.0 Å². The molecule has 0 aliphatic rings. The monoisotopic (exact) mass is 284 g/mol. The van der Waals surface area contributed by atoms with Crippen molar-refractivity contribution in [3.63, 3.8) is 0 Å². The van der Waals surface area contributed by atoms with Crippen molar-refractivity contribution in [3.8, 4) is 0 Å². The number of sulfonamides is 1. The fraction of sp³-hybridized carbons (Fsp3) is 0.571. The van der Waals surface area contributed by atoms with Crippen molar-refractivity contribution in [1.29, 1.82) is 0 Å². The third kappa shape index (κ3) is 4.60. The second-order valence-electron chi connectivity index (χ2n) is 5.07. The molecule has 2 N–H and O–H groups in total. The number of hydrogen-bond donors (Lipinski definition) is 2. The summed E-state index contributed by atoms with van der Waals surface area (Å²) in [6, 6.07) is 5.41. The first kappa shape index (κ1) is 16.1. The first-order valence-corrected chi connectivity index (χ1v) is 8.15. The van der Waals surface area contributed by atoms with Gasteiger partial charge in [0.25, 0.3) is 0 Å². The van der Waals surface area contributed by atoms with E-state index in [0.29, 0.717) is 23.9 Å². The molecule has 0 atom stereocenters. The van der Waals surface area contributed by atoms with Crippen LogP contribution in [0.3, 0.4) is 0 Å². The van der Waals surface area contributed by atoms with E-state index in [4.69, 9.17) is 0 Å². The van der Waals surface area contributed by atoms with Crippen molar-refractivity contribution in [2.75, 3.05) is 13.1 Å². The summed E-state index contributed by atoms with van der Waals surface area (Å²) >= 11 is 0. The zero-order valence-corrected chi connectivity index (χ0v) is 13.0. The summed E-state index contributed by atoms with van der Waals surface area (Å²) in [7, 11) is -3.41. The fourth-order valence-corrected chi connectivity index (χ4v) is 3.26. The second-order valence-corrected chi connectivity index (χ2v) is 6.80. The molecular formula is C14H24N2O2S. The van der Waals surface area contributed by atoms with Crippen molar-refractivity contribution in [2.24, 2.45) is 5.92 Å². The largest absolute Gasteiger partial charge is 0.313 e. The molecular weight excluding hydrogens is 260 g/mol. The predicted octanol–water partition coefficient (Wildman–Crippen LogP) is 2.04. The molecule has 19 heavy (non-hydrogen) atoms. The van der Waals surface area contributed by atoms with E-state index in [2.05, 4.69) is 10.0 Å². The molecule has 0 spiro atoms. The first-order chi connectivity index (χ1) is 8.88. The van der Waals surface area contributed by atoms with Crippen molar-refractivity contribution in [2.45, 2.75) is 39.1 Å². The minimum absolute atomic E-state index is 0.292. The highest BCUT2D eigenvalue weighted by Gasteiger charge is 2.18. The standard InChI is InChI=1S/C14H24N2O2S/c1-5-15-10-13-7-6-8-14(12(13)4)19(17,18)16-9-11(2)3/h6-8,11,15-16H,5,9-10H2,1-4H3. The number of benzene rings is 1. The Morgan fingerprint density at radius 1 is 1.26 bits per heavy atom. The zero-order chi connectivity index (χ0) is 14.5. The topological polar surface area (TPSA) is 58.2 Å². The van der Waals surface area contributed by atoms with Gasteiger partial charge in [0.15, 0.2) is 0 Å². The van der Waals surface area contributed by atoms with Gasteiger partial charge in [0.1, 0.15) is 0 Å². The molecule has 0 aliphatic heterocycles.